The highest BCUT2D eigenvalue weighted by molar-refractivity contribution is 5.80. The van der Waals surface area contributed by atoms with E-state index in [0.717, 1.165) is 31.2 Å². The summed E-state index contributed by atoms with van der Waals surface area (Å²) in [5, 5.41) is 9.44. The third kappa shape index (κ3) is 2.58. The summed E-state index contributed by atoms with van der Waals surface area (Å²) in [6.45, 7) is 0.462. The summed E-state index contributed by atoms with van der Waals surface area (Å²) in [5.41, 5.74) is -1.48. The minimum atomic E-state index is -2.21. The molecule has 2 atom stereocenters. The highest BCUT2D eigenvalue weighted by atomic mass is 19.1. The first-order chi connectivity index (χ1) is 10.5. The van der Waals surface area contributed by atoms with Crippen LogP contribution < -0.4 is 4.74 Å². The number of likely N-dealkylation sites (tertiary alicyclic amines) is 1. The third-order valence-electron chi connectivity index (χ3n) is 5.12. The Labute approximate surface area is 129 Å². The van der Waals surface area contributed by atoms with Crippen LogP contribution in [0.25, 0.3) is 0 Å². The minimum Gasteiger partial charge on any atom is -0.497 e. The number of aliphatic carboxylic acids is 1. The number of carboxylic acid groups (broad SMARTS) is 1. The lowest BCUT2D eigenvalue weighted by molar-refractivity contribution is -0.151. The smallest absolute Gasteiger partial charge is 0.343 e. The molecule has 0 radical (unpaired) electrons. The molecule has 0 unspecified atom stereocenters. The molecule has 120 valence electrons. The van der Waals surface area contributed by atoms with E-state index >= 15 is 4.39 Å². The Morgan fingerprint density at radius 3 is 2.50 bits per heavy atom. The van der Waals surface area contributed by atoms with Crippen LogP contribution in [-0.2, 0) is 4.79 Å². The number of nitrogens with zero attached hydrogens (tertiary/aromatic N) is 1. The van der Waals surface area contributed by atoms with Crippen LogP contribution in [0.2, 0.25) is 0 Å². The van der Waals surface area contributed by atoms with E-state index in [4.69, 9.17) is 4.74 Å². The molecule has 0 aromatic heterocycles. The van der Waals surface area contributed by atoms with Gasteiger partial charge >= 0.3 is 5.97 Å². The molecule has 0 bridgehead atoms. The van der Waals surface area contributed by atoms with Crippen molar-refractivity contribution in [3.8, 4) is 5.75 Å². The van der Waals surface area contributed by atoms with Crippen LogP contribution in [0.1, 0.15) is 37.2 Å². The maximum Gasteiger partial charge on any atom is 0.343 e. The lowest BCUT2D eigenvalue weighted by Crippen LogP contribution is -2.42. The van der Waals surface area contributed by atoms with Crippen molar-refractivity contribution in [3.05, 3.63) is 29.8 Å². The Bertz CT molecular complexity index is 541. The second-order valence-electron chi connectivity index (χ2n) is 6.36. The van der Waals surface area contributed by atoms with Gasteiger partial charge in [0.05, 0.1) is 7.11 Å². The summed E-state index contributed by atoms with van der Waals surface area (Å²) >= 11 is 0. The van der Waals surface area contributed by atoms with Gasteiger partial charge in [-0.3, -0.25) is 4.90 Å². The molecule has 3 rings (SSSR count). The summed E-state index contributed by atoms with van der Waals surface area (Å²) in [7, 11) is 1.57. The number of halogens is 1. The summed E-state index contributed by atoms with van der Waals surface area (Å²) in [6.07, 6.45) is 4.40. The molecule has 1 N–H and O–H groups in total. The standard InChI is InChI=1S/C17H22FNO3/c1-22-14-8-6-12(7-9-14)15-10-19(13-4-2-3-5-13)11-17(15,18)16(20)21/h6-9,13,15H,2-5,10-11H2,1H3,(H,20,21)/t15-,17-/m1/s1. The molecular formula is C17H22FNO3. The normalized spacial score (nSPS) is 29.8. The van der Waals surface area contributed by atoms with Crippen LogP contribution in [0, 0.1) is 0 Å². The summed E-state index contributed by atoms with van der Waals surface area (Å²) < 4.78 is 20.3. The quantitative estimate of drug-likeness (QED) is 0.929. The zero-order valence-electron chi connectivity index (χ0n) is 12.8. The predicted molar refractivity (Wildman–Crippen MR) is 81.0 cm³/mol. The maximum atomic E-state index is 15.2. The average Bonchev–Trinajstić information content (AvgIpc) is 3.15. The molecule has 1 heterocycles. The highest BCUT2D eigenvalue weighted by Crippen LogP contribution is 2.42. The number of carboxylic acids is 1. The molecule has 1 saturated heterocycles. The number of hydrogen-bond donors (Lipinski definition) is 1. The van der Waals surface area contributed by atoms with Crippen LogP contribution in [0.3, 0.4) is 0 Å². The van der Waals surface area contributed by atoms with E-state index in [1.54, 1.807) is 31.4 Å². The van der Waals surface area contributed by atoms with Crippen molar-refractivity contribution in [2.24, 2.45) is 0 Å². The first kappa shape index (κ1) is 15.3. The minimum absolute atomic E-state index is 0.0102. The van der Waals surface area contributed by atoms with Crippen LogP contribution in [-0.4, -0.2) is 47.9 Å². The molecule has 5 heteroatoms. The molecule has 4 nitrogen and oxygen atoms in total. The Morgan fingerprint density at radius 1 is 1.32 bits per heavy atom. The molecular weight excluding hydrogens is 285 g/mol. The number of methoxy groups -OCH3 is 1. The van der Waals surface area contributed by atoms with Gasteiger partial charge in [-0.25, -0.2) is 9.18 Å². The van der Waals surface area contributed by atoms with Crippen molar-refractivity contribution in [1.29, 1.82) is 0 Å². The van der Waals surface area contributed by atoms with Gasteiger partial charge < -0.3 is 9.84 Å². The van der Waals surface area contributed by atoms with E-state index in [2.05, 4.69) is 0 Å². The van der Waals surface area contributed by atoms with Gasteiger partial charge in [-0.05, 0) is 30.5 Å². The lowest BCUT2D eigenvalue weighted by Gasteiger charge is -2.23. The average molecular weight is 307 g/mol. The highest BCUT2D eigenvalue weighted by Gasteiger charge is 2.55. The number of alkyl halides is 1. The fraction of sp³-hybridized carbons (Fsp3) is 0.588. The number of ether oxygens (including phenoxy) is 1. The van der Waals surface area contributed by atoms with Crippen LogP contribution in [0.15, 0.2) is 24.3 Å². The SMILES string of the molecule is COc1ccc([C@H]2CN(C3CCCC3)C[C@]2(F)C(=O)O)cc1. The molecule has 0 spiro atoms. The van der Waals surface area contributed by atoms with Crippen molar-refractivity contribution in [2.45, 2.75) is 43.3 Å². The van der Waals surface area contributed by atoms with E-state index in [1.807, 2.05) is 4.90 Å². The lowest BCUT2D eigenvalue weighted by atomic mass is 9.86. The second-order valence-corrected chi connectivity index (χ2v) is 6.36. The molecule has 2 fully saturated rings. The molecule has 2 aliphatic rings. The van der Waals surface area contributed by atoms with Crippen molar-refractivity contribution < 1.29 is 19.0 Å². The number of carbonyl (C=O) groups is 1. The maximum absolute atomic E-state index is 15.2. The molecule has 1 aliphatic heterocycles. The molecule has 1 aromatic carbocycles. The van der Waals surface area contributed by atoms with Gasteiger partial charge in [0.25, 0.3) is 0 Å². The molecule has 0 amide bonds. The number of hydrogen-bond acceptors (Lipinski definition) is 3. The van der Waals surface area contributed by atoms with Gasteiger partial charge in [0.15, 0.2) is 0 Å². The van der Waals surface area contributed by atoms with Gasteiger partial charge in [0.1, 0.15) is 5.75 Å². The summed E-state index contributed by atoms with van der Waals surface area (Å²) in [5.74, 6) is -1.29. The van der Waals surface area contributed by atoms with Crippen molar-refractivity contribution in [3.63, 3.8) is 0 Å². The zero-order valence-corrected chi connectivity index (χ0v) is 12.8. The third-order valence-corrected chi connectivity index (χ3v) is 5.12. The Kier molecular flexibility index (Phi) is 4.08. The predicted octanol–water partition coefficient (Wildman–Crippen LogP) is 2.83. The first-order valence-corrected chi connectivity index (χ1v) is 7.85. The van der Waals surface area contributed by atoms with Crippen LogP contribution >= 0.6 is 0 Å². The Hall–Kier alpha value is -1.62. The van der Waals surface area contributed by atoms with E-state index < -0.39 is 17.6 Å². The molecule has 1 saturated carbocycles. The molecule has 22 heavy (non-hydrogen) atoms. The number of benzene rings is 1. The topological polar surface area (TPSA) is 49.8 Å². The van der Waals surface area contributed by atoms with Gasteiger partial charge in [-0.15, -0.1) is 0 Å². The Balaban J connectivity index is 1.87. The van der Waals surface area contributed by atoms with E-state index in [1.165, 1.54) is 0 Å². The van der Waals surface area contributed by atoms with Crippen LogP contribution in [0.4, 0.5) is 4.39 Å². The van der Waals surface area contributed by atoms with Crippen molar-refractivity contribution >= 4 is 5.97 Å². The molecule has 1 aliphatic carbocycles. The first-order valence-electron chi connectivity index (χ1n) is 7.85. The molecule has 1 aromatic rings. The van der Waals surface area contributed by atoms with E-state index in [-0.39, 0.29) is 6.54 Å². The largest absolute Gasteiger partial charge is 0.497 e. The van der Waals surface area contributed by atoms with Gasteiger partial charge in [-0.1, -0.05) is 25.0 Å². The number of rotatable bonds is 4. The Morgan fingerprint density at radius 2 is 1.95 bits per heavy atom. The van der Waals surface area contributed by atoms with E-state index in [0.29, 0.717) is 18.3 Å². The fourth-order valence-corrected chi connectivity index (χ4v) is 3.82. The van der Waals surface area contributed by atoms with Crippen LogP contribution in [0.5, 0.6) is 5.75 Å². The summed E-state index contributed by atoms with van der Waals surface area (Å²) in [4.78, 5) is 13.6. The summed E-state index contributed by atoms with van der Waals surface area (Å²) in [6, 6.07) is 7.40. The fourth-order valence-electron chi connectivity index (χ4n) is 3.82. The van der Waals surface area contributed by atoms with E-state index in [9.17, 15) is 9.90 Å². The van der Waals surface area contributed by atoms with Gasteiger partial charge in [-0.2, -0.15) is 0 Å². The van der Waals surface area contributed by atoms with Crippen molar-refractivity contribution in [2.75, 3.05) is 20.2 Å². The van der Waals surface area contributed by atoms with Crippen molar-refractivity contribution in [1.82, 2.24) is 4.90 Å². The van der Waals surface area contributed by atoms with Gasteiger partial charge in [0, 0.05) is 25.0 Å². The second kappa shape index (κ2) is 5.88. The van der Waals surface area contributed by atoms with Gasteiger partial charge in [0.2, 0.25) is 5.67 Å². The monoisotopic (exact) mass is 307 g/mol. The zero-order chi connectivity index (χ0) is 15.7.